The van der Waals surface area contributed by atoms with Crippen LogP contribution < -0.4 is 0 Å². The van der Waals surface area contributed by atoms with Crippen LogP contribution in [0.2, 0.25) is 0 Å². The van der Waals surface area contributed by atoms with Crippen LogP contribution in [0.1, 0.15) is 10.6 Å². The van der Waals surface area contributed by atoms with Crippen LogP contribution in [0.5, 0.6) is 0 Å². The fourth-order valence-corrected chi connectivity index (χ4v) is 1.66. The number of rotatable bonds is 0. The summed E-state index contributed by atoms with van der Waals surface area (Å²) in [5.41, 5.74) is 1.88. The lowest BCUT2D eigenvalue weighted by Crippen LogP contribution is -1.76. The van der Waals surface area contributed by atoms with Crippen molar-refractivity contribution < 1.29 is 0 Å². The van der Waals surface area contributed by atoms with Crippen molar-refractivity contribution in [2.45, 2.75) is 6.92 Å². The van der Waals surface area contributed by atoms with Gasteiger partial charge in [0, 0.05) is 6.20 Å². The summed E-state index contributed by atoms with van der Waals surface area (Å²) in [5.74, 6) is 0. The van der Waals surface area contributed by atoms with Crippen molar-refractivity contribution in [1.82, 2.24) is 9.97 Å². The molecule has 0 radical (unpaired) electrons. The third-order valence-electron chi connectivity index (χ3n) is 1.48. The highest BCUT2D eigenvalue weighted by Crippen LogP contribution is 2.19. The fourth-order valence-electron chi connectivity index (χ4n) is 0.972. The minimum atomic E-state index is 0.475. The molecule has 0 saturated heterocycles. The molecule has 0 N–H and O–H groups in total. The summed E-state index contributed by atoms with van der Waals surface area (Å²) in [4.78, 5) is 9.07. The topological polar surface area (TPSA) is 49.6 Å². The second kappa shape index (κ2) is 2.54. The molecule has 0 bridgehead atoms. The molecule has 0 aliphatic rings. The lowest BCUT2D eigenvalue weighted by Gasteiger charge is -1.87. The maximum absolute atomic E-state index is 8.58. The Morgan fingerprint density at radius 2 is 2.42 bits per heavy atom. The molecule has 0 aliphatic heterocycles. The standard InChI is InChI=1S/C8H5N3S/c1-5-2-6-8(10-4-5)12-7(3-9)11-6/h2,4H,1H3. The molecule has 58 valence electrons. The molecule has 0 amide bonds. The van der Waals surface area contributed by atoms with Gasteiger partial charge in [-0.3, -0.25) is 0 Å². The lowest BCUT2D eigenvalue weighted by atomic mass is 10.3. The van der Waals surface area contributed by atoms with Crippen LogP contribution in [0, 0.1) is 18.3 Å². The molecule has 0 spiro atoms. The average Bonchev–Trinajstić information content (AvgIpc) is 2.46. The normalized spacial score (nSPS) is 10.0. The molecule has 3 nitrogen and oxygen atoms in total. The summed E-state index contributed by atoms with van der Waals surface area (Å²) >= 11 is 1.32. The van der Waals surface area contributed by atoms with Gasteiger partial charge in [0.25, 0.3) is 0 Å². The van der Waals surface area contributed by atoms with E-state index in [2.05, 4.69) is 9.97 Å². The van der Waals surface area contributed by atoms with Crippen LogP contribution >= 0.6 is 11.3 Å². The van der Waals surface area contributed by atoms with Gasteiger partial charge in [-0.15, -0.1) is 0 Å². The van der Waals surface area contributed by atoms with Gasteiger partial charge in [0.15, 0.2) is 5.01 Å². The van der Waals surface area contributed by atoms with E-state index < -0.39 is 0 Å². The summed E-state index contributed by atoms with van der Waals surface area (Å²) in [5, 5.41) is 9.05. The third kappa shape index (κ3) is 1.04. The first-order valence-corrected chi connectivity index (χ1v) is 4.24. The quantitative estimate of drug-likeness (QED) is 0.614. The van der Waals surface area contributed by atoms with E-state index in [9.17, 15) is 0 Å². The first kappa shape index (κ1) is 7.19. The third-order valence-corrected chi connectivity index (χ3v) is 2.36. The van der Waals surface area contributed by atoms with Crippen LogP contribution in [0.4, 0.5) is 0 Å². The number of pyridine rings is 1. The van der Waals surface area contributed by atoms with Gasteiger partial charge in [0.05, 0.1) is 0 Å². The van der Waals surface area contributed by atoms with Gasteiger partial charge in [0.2, 0.25) is 0 Å². The largest absolute Gasteiger partial charge is 0.243 e. The molecule has 0 atom stereocenters. The summed E-state index contributed by atoms with van der Waals surface area (Å²) in [6.45, 7) is 1.96. The second-order valence-corrected chi connectivity index (χ2v) is 3.45. The van der Waals surface area contributed by atoms with E-state index in [1.54, 1.807) is 6.20 Å². The van der Waals surface area contributed by atoms with Crippen molar-refractivity contribution in [2.75, 3.05) is 0 Å². The number of hydrogen-bond acceptors (Lipinski definition) is 4. The summed E-state index contributed by atoms with van der Waals surface area (Å²) < 4.78 is 0. The smallest absolute Gasteiger partial charge is 0.196 e. The minimum absolute atomic E-state index is 0.475. The van der Waals surface area contributed by atoms with Crippen molar-refractivity contribution in [3.05, 3.63) is 22.8 Å². The minimum Gasteiger partial charge on any atom is -0.243 e. The molecular weight excluding hydrogens is 170 g/mol. The van der Waals surface area contributed by atoms with Gasteiger partial charge in [0.1, 0.15) is 16.4 Å². The monoisotopic (exact) mass is 175 g/mol. The maximum Gasteiger partial charge on any atom is 0.196 e. The molecular formula is C8H5N3S. The Balaban J connectivity index is 2.77. The molecule has 0 aliphatic carbocycles. The summed E-state index contributed by atoms with van der Waals surface area (Å²) in [7, 11) is 0. The predicted octanol–water partition coefficient (Wildman–Crippen LogP) is 1.87. The van der Waals surface area contributed by atoms with E-state index in [1.165, 1.54) is 11.3 Å². The van der Waals surface area contributed by atoms with Crippen molar-refractivity contribution >= 4 is 21.7 Å². The van der Waals surface area contributed by atoms with E-state index in [0.29, 0.717) is 5.01 Å². The average molecular weight is 175 g/mol. The molecule has 4 heteroatoms. The highest BCUT2D eigenvalue weighted by Gasteiger charge is 2.02. The second-order valence-electron chi connectivity index (χ2n) is 2.47. The Hall–Kier alpha value is -1.47. The van der Waals surface area contributed by atoms with E-state index >= 15 is 0 Å². The van der Waals surface area contributed by atoms with Crippen LogP contribution in [0.15, 0.2) is 12.3 Å². The molecule has 2 rings (SSSR count). The molecule has 12 heavy (non-hydrogen) atoms. The maximum atomic E-state index is 8.58. The van der Waals surface area contributed by atoms with Crippen LogP contribution in [-0.2, 0) is 0 Å². The van der Waals surface area contributed by atoms with Crippen molar-refractivity contribution in [1.29, 1.82) is 5.26 Å². The fraction of sp³-hybridized carbons (Fsp3) is 0.125. The summed E-state index contributed by atoms with van der Waals surface area (Å²) in [6.07, 6.45) is 1.78. The summed E-state index contributed by atoms with van der Waals surface area (Å²) in [6, 6.07) is 3.93. The van der Waals surface area contributed by atoms with Gasteiger partial charge in [-0.25, -0.2) is 9.97 Å². The molecule has 0 saturated carbocycles. The van der Waals surface area contributed by atoms with Gasteiger partial charge in [-0.2, -0.15) is 5.26 Å². The van der Waals surface area contributed by atoms with E-state index in [4.69, 9.17) is 5.26 Å². The zero-order valence-corrected chi connectivity index (χ0v) is 7.22. The number of fused-ring (bicyclic) bond motifs is 1. The van der Waals surface area contributed by atoms with E-state index in [0.717, 1.165) is 15.9 Å². The van der Waals surface area contributed by atoms with Gasteiger partial charge >= 0.3 is 0 Å². The predicted molar refractivity (Wildman–Crippen MR) is 46.9 cm³/mol. The van der Waals surface area contributed by atoms with Crippen LogP contribution in [-0.4, -0.2) is 9.97 Å². The molecule has 2 aromatic rings. The number of nitriles is 1. The van der Waals surface area contributed by atoms with Gasteiger partial charge < -0.3 is 0 Å². The highest BCUT2D eigenvalue weighted by atomic mass is 32.1. The number of aromatic nitrogens is 2. The number of nitrogens with zero attached hydrogens (tertiary/aromatic N) is 3. The number of thiazole rings is 1. The first-order chi connectivity index (χ1) is 5.79. The van der Waals surface area contributed by atoms with Gasteiger partial charge in [-0.05, 0) is 18.6 Å². The number of aryl methyl sites for hydroxylation is 1. The lowest BCUT2D eigenvalue weighted by molar-refractivity contribution is 1.32. The molecule has 2 heterocycles. The number of hydrogen-bond donors (Lipinski definition) is 0. The molecule has 0 aromatic carbocycles. The Kier molecular flexibility index (Phi) is 1.52. The Morgan fingerprint density at radius 3 is 3.17 bits per heavy atom. The Bertz CT molecular complexity index is 467. The van der Waals surface area contributed by atoms with E-state index in [-0.39, 0.29) is 0 Å². The molecule has 0 fully saturated rings. The van der Waals surface area contributed by atoms with Crippen molar-refractivity contribution in [3.8, 4) is 6.07 Å². The van der Waals surface area contributed by atoms with Crippen molar-refractivity contribution in [2.24, 2.45) is 0 Å². The first-order valence-electron chi connectivity index (χ1n) is 3.43. The van der Waals surface area contributed by atoms with E-state index in [1.807, 2.05) is 19.1 Å². The van der Waals surface area contributed by atoms with Crippen molar-refractivity contribution in [3.63, 3.8) is 0 Å². The SMILES string of the molecule is Cc1cnc2sc(C#N)nc2c1. The Morgan fingerprint density at radius 1 is 1.58 bits per heavy atom. The Labute approximate surface area is 73.3 Å². The highest BCUT2D eigenvalue weighted by molar-refractivity contribution is 7.18. The van der Waals surface area contributed by atoms with Crippen LogP contribution in [0.3, 0.4) is 0 Å². The van der Waals surface area contributed by atoms with Crippen LogP contribution in [0.25, 0.3) is 10.3 Å². The molecule has 0 unspecified atom stereocenters. The van der Waals surface area contributed by atoms with Gasteiger partial charge in [-0.1, -0.05) is 11.3 Å². The zero-order chi connectivity index (χ0) is 8.55. The molecule has 2 aromatic heterocycles. The zero-order valence-electron chi connectivity index (χ0n) is 6.40.